The number of hydrogen-bond acceptors (Lipinski definition) is 3. The molecule has 0 spiro atoms. The average molecular weight is 300 g/mol. The average Bonchev–Trinajstić information content (AvgIpc) is 2.45. The number of hydrogen-bond donors (Lipinski definition) is 2. The van der Waals surface area contributed by atoms with Crippen LogP contribution in [0.4, 0.5) is 8.78 Å². The molecule has 0 aromatic heterocycles. The third-order valence-corrected chi connectivity index (χ3v) is 2.89. The number of benzene rings is 1. The van der Waals surface area contributed by atoms with E-state index in [-0.39, 0.29) is 0 Å². The maximum Gasteiger partial charge on any atom is 0.277 e. The smallest absolute Gasteiger partial charge is 0.277 e. The van der Waals surface area contributed by atoms with Gasteiger partial charge in [0.15, 0.2) is 0 Å². The molecule has 0 aliphatic carbocycles. The highest BCUT2D eigenvalue weighted by Crippen LogP contribution is 2.14. The fourth-order valence-electron chi connectivity index (χ4n) is 1.50. The molecule has 0 bridgehead atoms. The van der Waals surface area contributed by atoms with E-state index in [4.69, 9.17) is 10.5 Å². The molecule has 1 aromatic rings. The molecule has 0 unspecified atom stereocenters. The minimum Gasteiger partial charge on any atom is -0.494 e. The fourth-order valence-corrected chi connectivity index (χ4v) is 1.50. The van der Waals surface area contributed by atoms with Crippen molar-refractivity contribution in [1.29, 1.82) is 0 Å². The van der Waals surface area contributed by atoms with Gasteiger partial charge in [-0.15, -0.1) is 0 Å². The standard InChI is InChI=1S/C15H22F2N2O2/c1-11(2)7-8-21-13-5-3-12(4-6-13)14(20)19-10-15(16,17)9-18/h3-6,11H,7-10,18H2,1-2H3,(H,19,20). The van der Waals surface area contributed by atoms with Crippen molar-refractivity contribution in [3.8, 4) is 5.75 Å². The lowest BCUT2D eigenvalue weighted by atomic mass is 10.1. The minimum absolute atomic E-state index is 0.305. The van der Waals surface area contributed by atoms with Crippen LogP contribution in [0.3, 0.4) is 0 Å². The van der Waals surface area contributed by atoms with Gasteiger partial charge in [-0.3, -0.25) is 4.79 Å². The van der Waals surface area contributed by atoms with Gasteiger partial charge in [0.05, 0.1) is 19.7 Å². The van der Waals surface area contributed by atoms with Gasteiger partial charge < -0.3 is 15.8 Å². The lowest BCUT2D eigenvalue weighted by molar-refractivity contribution is 0.0118. The summed E-state index contributed by atoms with van der Waals surface area (Å²) >= 11 is 0. The third-order valence-electron chi connectivity index (χ3n) is 2.89. The third kappa shape index (κ3) is 6.53. The minimum atomic E-state index is -3.09. The second-order valence-corrected chi connectivity index (χ2v) is 5.30. The molecule has 0 fully saturated rings. The molecule has 0 saturated heterocycles. The summed E-state index contributed by atoms with van der Waals surface area (Å²) in [5.74, 6) is -2.44. The molecular weight excluding hydrogens is 278 g/mol. The predicted octanol–water partition coefficient (Wildman–Crippen LogP) is 2.44. The van der Waals surface area contributed by atoms with Crippen molar-refractivity contribution < 1.29 is 18.3 Å². The predicted molar refractivity (Wildman–Crippen MR) is 77.7 cm³/mol. The second kappa shape index (κ2) is 7.93. The molecule has 1 aromatic carbocycles. The lowest BCUT2D eigenvalue weighted by Crippen LogP contribution is -2.41. The van der Waals surface area contributed by atoms with E-state index >= 15 is 0 Å². The van der Waals surface area contributed by atoms with Crippen molar-refractivity contribution in [3.63, 3.8) is 0 Å². The van der Waals surface area contributed by atoms with Crippen LogP contribution in [0.15, 0.2) is 24.3 Å². The zero-order valence-corrected chi connectivity index (χ0v) is 12.4. The SMILES string of the molecule is CC(C)CCOc1ccc(C(=O)NCC(F)(F)CN)cc1. The number of halogens is 2. The monoisotopic (exact) mass is 300 g/mol. The summed E-state index contributed by atoms with van der Waals surface area (Å²) in [6.45, 7) is 3.25. The van der Waals surface area contributed by atoms with Gasteiger partial charge in [-0.25, -0.2) is 8.78 Å². The maximum absolute atomic E-state index is 12.9. The maximum atomic E-state index is 12.9. The zero-order valence-electron chi connectivity index (χ0n) is 12.4. The molecular formula is C15H22F2N2O2. The van der Waals surface area contributed by atoms with Crippen molar-refractivity contribution in [3.05, 3.63) is 29.8 Å². The molecule has 0 aliphatic heterocycles. The molecule has 6 heteroatoms. The van der Waals surface area contributed by atoms with E-state index in [9.17, 15) is 13.6 Å². The van der Waals surface area contributed by atoms with Crippen molar-refractivity contribution in [2.24, 2.45) is 11.7 Å². The summed E-state index contributed by atoms with van der Waals surface area (Å²) in [7, 11) is 0. The first-order valence-corrected chi connectivity index (χ1v) is 6.93. The highest BCUT2D eigenvalue weighted by atomic mass is 19.3. The molecule has 118 valence electrons. The van der Waals surface area contributed by atoms with Crippen LogP contribution < -0.4 is 15.8 Å². The molecule has 0 aliphatic rings. The molecule has 21 heavy (non-hydrogen) atoms. The van der Waals surface area contributed by atoms with Crippen LogP contribution in [0.5, 0.6) is 5.75 Å². The van der Waals surface area contributed by atoms with E-state index < -0.39 is 24.9 Å². The number of rotatable bonds is 8. The van der Waals surface area contributed by atoms with Gasteiger partial charge >= 0.3 is 0 Å². The van der Waals surface area contributed by atoms with E-state index in [1.165, 1.54) is 0 Å². The van der Waals surface area contributed by atoms with Gasteiger partial charge in [0.1, 0.15) is 5.75 Å². The van der Waals surface area contributed by atoms with Gasteiger partial charge in [-0.1, -0.05) is 13.8 Å². The Morgan fingerprint density at radius 2 is 1.95 bits per heavy atom. The second-order valence-electron chi connectivity index (χ2n) is 5.30. The first-order valence-electron chi connectivity index (χ1n) is 6.93. The number of carbonyl (C=O) groups excluding carboxylic acids is 1. The van der Waals surface area contributed by atoms with Crippen LogP contribution in [0.1, 0.15) is 30.6 Å². The van der Waals surface area contributed by atoms with Crippen molar-refractivity contribution >= 4 is 5.91 Å². The van der Waals surface area contributed by atoms with Gasteiger partial charge in [0.25, 0.3) is 11.8 Å². The van der Waals surface area contributed by atoms with Gasteiger partial charge in [-0.05, 0) is 36.6 Å². The summed E-state index contributed by atoms with van der Waals surface area (Å²) in [4.78, 5) is 11.7. The van der Waals surface area contributed by atoms with Crippen LogP contribution in [0.25, 0.3) is 0 Å². The molecule has 3 N–H and O–H groups in total. The Morgan fingerprint density at radius 1 is 1.33 bits per heavy atom. The van der Waals surface area contributed by atoms with Crippen molar-refractivity contribution in [1.82, 2.24) is 5.32 Å². The zero-order chi connectivity index (χ0) is 15.9. The van der Waals surface area contributed by atoms with E-state index in [1.807, 2.05) is 0 Å². The summed E-state index contributed by atoms with van der Waals surface area (Å²) < 4.78 is 31.4. The summed E-state index contributed by atoms with van der Waals surface area (Å²) in [5.41, 5.74) is 5.21. The van der Waals surface area contributed by atoms with Crippen LogP contribution in [-0.2, 0) is 0 Å². The topological polar surface area (TPSA) is 64.3 Å². The van der Waals surface area contributed by atoms with Gasteiger partial charge in [0, 0.05) is 5.56 Å². The number of carbonyl (C=O) groups is 1. The van der Waals surface area contributed by atoms with Crippen molar-refractivity contribution in [2.45, 2.75) is 26.2 Å². The molecule has 4 nitrogen and oxygen atoms in total. The Labute approximate surface area is 123 Å². The van der Waals surface area contributed by atoms with Crippen molar-refractivity contribution in [2.75, 3.05) is 19.7 Å². The van der Waals surface area contributed by atoms with E-state index in [0.717, 1.165) is 6.42 Å². The largest absolute Gasteiger partial charge is 0.494 e. The quantitative estimate of drug-likeness (QED) is 0.775. The first kappa shape index (κ1) is 17.4. The number of amides is 1. The Hall–Kier alpha value is -1.69. The number of nitrogens with two attached hydrogens (primary N) is 1. The highest BCUT2D eigenvalue weighted by Gasteiger charge is 2.27. The Morgan fingerprint density at radius 3 is 2.48 bits per heavy atom. The highest BCUT2D eigenvalue weighted by molar-refractivity contribution is 5.94. The molecule has 0 radical (unpaired) electrons. The number of alkyl halides is 2. The Bertz CT molecular complexity index is 447. The Kier molecular flexibility index (Phi) is 6.55. The van der Waals surface area contributed by atoms with Gasteiger partial charge in [0.2, 0.25) is 0 Å². The number of nitrogens with one attached hydrogen (secondary N) is 1. The normalized spacial score (nSPS) is 11.5. The molecule has 1 rings (SSSR count). The first-order chi connectivity index (χ1) is 9.84. The van der Waals surface area contributed by atoms with Crippen LogP contribution in [0.2, 0.25) is 0 Å². The molecule has 0 saturated carbocycles. The van der Waals surface area contributed by atoms with Crippen LogP contribution >= 0.6 is 0 Å². The van der Waals surface area contributed by atoms with Gasteiger partial charge in [-0.2, -0.15) is 0 Å². The fraction of sp³-hybridized carbons (Fsp3) is 0.533. The lowest BCUT2D eigenvalue weighted by Gasteiger charge is -2.14. The van der Waals surface area contributed by atoms with E-state index in [1.54, 1.807) is 24.3 Å². The summed E-state index contributed by atoms with van der Waals surface area (Å²) in [5, 5.41) is 2.16. The summed E-state index contributed by atoms with van der Waals surface area (Å²) in [6.07, 6.45) is 0.941. The summed E-state index contributed by atoms with van der Waals surface area (Å²) in [6, 6.07) is 6.38. The molecule has 1 amide bonds. The molecule has 0 atom stereocenters. The Balaban J connectivity index is 2.47. The number of ether oxygens (including phenoxy) is 1. The van der Waals surface area contributed by atoms with Crippen LogP contribution in [-0.4, -0.2) is 31.5 Å². The molecule has 0 heterocycles. The van der Waals surface area contributed by atoms with E-state index in [2.05, 4.69) is 19.2 Å². The van der Waals surface area contributed by atoms with E-state index in [0.29, 0.717) is 23.8 Å². The van der Waals surface area contributed by atoms with Crippen LogP contribution in [0, 0.1) is 5.92 Å².